The van der Waals surface area contributed by atoms with Gasteiger partial charge in [-0.3, -0.25) is 0 Å². The largest absolute Gasteiger partial charge is 0.485 e. The fourth-order valence-corrected chi connectivity index (χ4v) is 3.57. The number of rotatable bonds is 5. The van der Waals surface area contributed by atoms with Gasteiger partial charge in [-0.25, -0.2) is 0 Å². The van der Waals surface area contributed by atoms with E-state index >= 15 is 0 Å². The summed E-state index contributed by atoms with van der Waals surface area (Å²) >= 11 is 4.72. The highest BCUT2D eigenvalue weighted by Gasteiger charge is 2.27. The Hall–Kier alpha value is -2.85. The van der Waals surface area contributed by atoms with E-state index in [2.05, 4.69) is 36.3 Å². The summed E-state index contributed by atoms with van der Waals surface area (Å²) in [5.74, 6) is 3.07. The van der Waals surface area contributed by atoms with Crippen molar-refractivity contribution in [2.45, 2.75) is 17.1 Å². The minimum atomic E-state index is -0.445. The zero-order valence-corrected chi connectivity index (χ0v) is 17.2. The van der Waals surface area contributed by atoms with Crippen molar-refractivity contribution in [3.05, 3.63) is 64.8 Å². The van der Waals surface area contributed by atoms with Crippen molar-refractivity contribution in [1.29, 1.82) is 0 Å². The second kappa shape index (κ2) is 7.88. The molecule has 1 atom stereocenters. The quantitative estimate of drug-likeness (QED) is 0.383. The van der Waals surface area contributed by atoms with Crippen molar-refractivity contribution in [2.24, 2.45) is 0 Å². The zero-order valence-electron chi connectivity index (χ0n) is 14.8. The summed E-state index contributed by atoms with van der Waals surface area (Å²) in [5.41, 5.74) is 0.853. The van der Waals surface area contributed by atoms with Crippen LogP contribution in [0, 0.1) is 0 Å². The molecule has 0 amide bonds. The second-order valence-corrected chi connectivity index (χ2v) is 7.91. The van der Waals surface area contributed by atoms with Gasteiger partial charge in [-0.2, -0.15) is 0 Å². The third-order valence-corrected chi connectivity index (χ3v) is 5.42. The monoisotopic (exact) mass is 472 g/mol. The van der Waals surface area contributed by atoms with Gasteiger partial charge in [0, 0.05) is 10.0 Å². The van der Waals surface area contributed by atoms with Crippen molar-refractivity contribution >= 4 is 27.7 Å². The SMILES string of the molecule is Brc1ccc(-c2nnc(CSc3nnc(C4COc5ccccc5O4)o3)o2)cc1. The fraction of sp³-hybridized carbons (Fsp3) is 0.158. The lowest BCUT2D eigenvalue weighted by Crippen LogP contribution is -2.21. The molecular weight excluding hydrogens is 460 g/mol. The van der Waals surface area contributed by atoms with Crippen LogP contribution in [0.15, 0.2) is 67.1 Å². The molecule has 10 heteroatoms. The second-order valence-electron chi connectivity index (χ2n) is 6.07. The number of para-hydroxylation sites is 2. The van der Waals surface area contributed by atoms with Gasteiger partial charge < -0.3 is 18.3 Å². The van der Waals surface area contributed by atoms with Crippen LogP contribution in [0.5, 0.6) is 11.5 Å². The summed E-state index contributed by atoms with van der Waals surface area (Å²) < 4.78 is 24.0. The predicted octanol–water partition coefficient (Wildman–Crippen LogP) is 4.69. The van der Waals surface area contributed by atoms with Crippen molar-refractivity contribution in [3.8, 4) is 23.0 Å². The molecule has 2 aromatic carbocycles. The van der Waals surface area contributed by atoms with Crippen LogP contribution in [-0.4, -0.2) is 27.0 Å². The molecule has 0 aliphatic carbocycles. The lowest BCUT2D eigenvalue weighted by Gasteiger charge is -2.23. The van der Waals surface area contributed by atoms with Gasteiger partial charge in [0.1, 0.15) is 6.61 Å². The third-order valence-electron chi connectivity index (χ3n) is 4.08. The minimum Gasteiger partial charge on any atom is -0.485 e. The summed E-state index contributed by atoms with van der Waals surface area (Å²) in [7, 11) is 0. The fourth-order valence-electron chi connectivity index (χ4n) is 2.69. The Morgan fingerprint density at radius 3 is 2.62 bits per heavy atom. The molecule has 0 bridgehead atoms. The molecule has 8 nitrogen and oxygen atoms in total. The lowest BCUT2D eigenvalue weighted by atomic mass is 10.2. The Bertz CT molecular complexity index is 1130. The van der Waals surface area contributed by atoms with Crippen molar-refractivity contribution in [1.82, 2.24) is 20.4 Å². The molecule has 0 fully saturated rings. The summed E-state index contributed by atoms with van der Waals surface area (Å²) in [6.45, 7) is 0.309. The van der Waals surface area contributed by atoms with Crippen LogP contribution in [0.25, 0.3) is 11.5 Å². The molecule has 5 rings (SSSR count). The maximum Gasteiger partial charge on any atom is 0.277 e. The van der Waals surface area contributed by atoms with Crippen LogP contribution in [0.1, 0.15) is 17.9 Å². The summed E-state index contributed by atoms with van der Waals surface area (Å²) in [6, 6.07) is 15.1. The molecule has 2 aromatic heterocycles. The molecular formula is C19H13BrN4O4S. The van der Waals surface area contributed by atoms with Gasteiger partial charge in [-0.1, -0.05) is 39.8 Å². The number of benzene rings is 2. The van der Waals surface area contributed by atoms with E-state index in [1.54, 1.807) is 0 Å². The summed E-state index contributed by atoms with van der Waals surface area (Å²) in [6.07, 6.45) is -0.445. The van der Waals surface area contributed by atoms with Gasteiger partial charge >= 0.3 is 0 Å². The van der Waals surface area contributed by atoms with E-state index in [0.717, 1.165) is 10.0 Å². The van der Waals surface area contributed by atoms with Crippen molar-refractivity contribution < 1.29 is 18.3 Å². The van der Waals surface area contributed by atoms with E-state index in [1.165, 1.54) is 11.8 Å². The van der Waals surface area contributed by atoms with Gasteiger partial charge in [0.15, 0.2) is 11.5 Å². The van der Waals surface area contributed by atoms with Gasteiger partial charge in [-0.05, 0) is 36.4 Å². The number of nitrogens with zero attached hydrogens (tertiary/aromatic N) is 4. The first kappa shape index (κ1) is 18.2. The van der Waals surface area contributed by atoms with Crippen molar-refractivity contribution in [2.75, 3.05) is 6.61 Å². The highest BCUT2D eigenvalue weighted by Crippen LogP contribution is 2.36. The summed E-state index contributed by atoms with van der Waals surface area (Å²) in [5, 5.41) is 16.7. The number of thioether (sulfide) groups is 1. The number of aromatic nitrogens is 4. The van der Waals surface area contributed by atoms with Gasteiger partial charge in [0.25, 0.3) is 11.1 Å². The van der Waals surface area contributed by atoms with Gasteiger partial charge in [0.05, 0.1) is 5.75 Å². The maximum absolute atomic E-state index is 5.88. The van der Waals surface area contributed by atoms with E-state index in [0.29, 0.717) is 46.8 Å². The Labute approximate surface area is 177 Å². The first-order valence-electron chi connectivity index (χ1n) is 8.67. The van der Waals surface area contributed by atoms with Crippen LogP contribution in [0.2, 0.25) is 0 Å². The van der Waals surface area contributed by atoms with Crippen LogP contribution in [0.4, 0.5) is 0 Å². The number of hydrogen-bond donors (Lipinski definition) is 0. The molecule has 0 saturated carbocycles. The highest BCUT2D eigenvalue weighted by atomic mass is 79.9. The predicted molar refractivity (Wildman–Crippen MR) is 107 cm³/mol. The molecule has 0 N–H and O–H groups in total. The van der Waals surface area contributed by atoms with E-state index in [1.807, 2.05) is 48.5 Å². The first-order valence-corrected chi connectivity index (χ1v) is 10.5. The van der Waals surface area contributed by atoms with Crippen LogP contribution in [0.3, 0.4) is 0 Å². The third kappa shape index (κ3) is 3.99. The van der Waals surface area contributed by atoms with Gasteiger partial charge in [-0.15, -0.1) is 20.4 Å². The van der Waals surface area contributed by atoms with Gasteiger partial charge in [0.2, 0.25) is 17.9 Å². The molecule has 0 radical (unpaired) electrons. The Balaban J connectivity index is 1.22. The highest BCUT2D eigenvalue weighted by molar-refractivity contribution is 9.10. The van der Waals surface area contributed by atoms with E-state index < -0.39 is 6.10 Å². The Morgan fingerprint density at radius 2 is 1.76 bits per heavy atom. The molecule has 0 spiro atoms. The molecule has 1 aliphatic heterocycles. The van der Waals surface area contributed by atoms with Crippen LogP contribution >= 0.6 is 27.7 Å². The Kier molecular flexibility index (Phi) is 4.94. The van der Waals surface area contributed by atoms with E-state index in [4.69, 9.17) is 18.3 Å². The number of ether oxygens (including phenoxy) is 2. The molecule has 0 saturated heterocycles. The van der Waals surface area contributed by atoms with Crippen LogP contribution < -0.4 is 9.47 Å². The van der Waals surface area contributed by atoms with Crippen LogP contribution in [-0.2, 0) is 5.75 Å². The summed E-state index contributed by atoms with van der Waals surface area (Å²) in [4.78, 5) is 0. The number of fused-ring (bicyclic) bond motifs is 1. The molecule has 29 heavy (non-hydrogen) atoms. The van der Waals surface area contributed by atoms with E-state index in [9.17, 15) is 0 Å². The molecule has 1 unspecified atom stereocenters. The minimum absolute atomic E-state index is 0.309. The number of hydrogen-bond acceptors (Lipinski definition) is 9. The average molecular weight is 473 g/mol. The van der Waals surface area contributed by atoms with E-state index in [-0.39, 0.29) is 0 Å². The lowest BCUT2D eigenvalue weighted by molar-refractivity contribution is 0.0686. The standard InChI is InChI=1S/C19H13BrN4O4S/c20-12-7-5-11(6-8-12)17-22-21-16(27-17)10-29-19-24-23-18(28-19)15-9-25-13-3-1-2-4-14(13)26-15/h1-8,15H,9-10H2. The topological polar surface area (TPSA) is 96.3 Å². The number of halogens is 1. The molecule has 3 heterocycles. The molecule has 146 valence electrons. The smallest absolute Gasteiger partial charge is 0.277 e. The normalized spacial score (nSPS) is 15.4. The Morgan fingerprint density at radius 1 is 0.931 bits per heavy atom. The molecule has 1 aliphatic rings. The zero-order chi connectivity index (χ0) is 19.6. The van der Waals surface area contributed by atoms with Crippen molar-refractivity contribution in [3.63, 3.8) is 0 Å². The molecule has 4 aromatic rings. The average Bonchev–Trinajstić information content (AvgIpc) is 3.42. The maximum atomic E-state index is 5.88. The first-order chi connectivity index (χ1) is 14.2.